The maximum Gasteiger partial charge on any atom is 0.573 e. The molecule has 1 fully saturated rings. The number of nitrogens with one attached hydrogen (secondary N) is 1. The van der Waals surface area contributed by atoms with Gasteiger partial charge in [-0.05, 0) is 79.6 Å². The molecule has 0 spiro atoms. The van der Waals surface area contributed by atoms with E-state index in [1.807, 2.05) is 20.8 Å². The number of benzene rings is 2. The Hall–Kier alpha value is -3.69. The van der Waals surface area contributed by atoms with Crippen LogP contribution in [-0.4, -0.2) is 43.5 Å². The molecule has 2 aromatic rings. The molecular weight excluding hydrogens is 687 g/mol. The van der Waals surface area contributed by atoms with Crippen molar-refractivity contribution in [1.82, 2.24) is 5.32 Å². The van der Waals surface area contributed by atoms with E-state index in [1.165, 1.54) is 32.3 Å². The van der Waals surface area contributed by atoms with Crippen LogP contribution in [-0.2, 0) is 33.2 Å². The van der Waals surface area contributed by atoms with Gasteiger partial charge in [0.1, 0.15) is 11.9 Å². The summed E-state index contributed by atoms with van der Waals surface area (Å²) in [4.78, 5) is 23.1. The number of carboxylic acids is 1. The molecule has 0 amide bonds. The molecule has 0 radical (unpaired) electrons. The van der Waals surface area contributed by atoms with E-state index in [4.69, 9.17) is 9.84 Å². The summed E-state index contributed by atoms with van der Waals surface area (Å²) in [6.07, 6.45) is -9.66. The second kappa shape index (κ2) is 20.2. The Labute approximate surface area is 286 Å². The Morgan fingerprint density at radius 1 is 0.960 bits per heavy atom. The predicted octanol–water partition coefficient (Wildman–Crippen LogP) is 9.93. The van der Waals surface area contributed by atoms with E-state index in [1.54, 1.807) is 11.9 Å². The standard InChI is InChI=1S/C24H25F9N2O3.C8H14O2.C2H6/c1-4-7-35(3)20-6-5-19(38-24(31,32)33)10-16(20)12-34-14(2)21(37-13-36)15-8-17(22(25,26)27)11-18(9-15)23(28,29)30;9-8(10)6-7-4-2-1-3-5-7;1-2/h5-6,8-11,13-14,21,34H,4,7,12H2,1-3H3;7H,1-6H2,(H,9,10);1-2H3. The molecule has 3 rings (SSSR count). The zero-order chi connectivity index (χ0) is 38.3. The van der Waals surface area contributed by atoms with Crippen LogP contribution in [0, 0.1) is 5.92 Å². The number of anilines is 1. The highest BCUT2D eigenvalue weighted by Crippen LogP contribution is 2.39. The maximum atomic E-state index is 13.3. The van der Waals surface area contributed by atoms with Gasteiger partial charge in [0.25, 0.3) is 6.47 Å². The van der Waals surface area contributed by atoms with E-state index >= 15 is 0 Å². The second-order valence-corrected chi connectivity index (χ2v) is 11.5. The number of carbonyl (C=O) groups excluding carboxylic acids is 1. The van der Waals surface area contributed by atoms with E-state index in [9.17, 15) is 49.1 Å². The first-order valence-electron chi connectivity index (χ1n) is 16.2. The highest BCUT2D eigenvalue weighted by Gasteiger charge is 2.38. The number of halogens is 9. The number of ether oxygens (including phenoxy) is 2. The van der Waals surface area contributed by atoms with Crippen molar-refractivity contribution >= 4 is 18.1 Å². The second-order valence-electron chi connectivity index (χ2n) is 11.5. The predicted molar refractivity (Wildman–Crippen MR) is 169 cm³/mol. The van der Waals surface area contributed by atoms with E-state index in [0.717, 1.165) is 25.0 Å². The third kappa shape index (κ3) is 15.5. The number of hydrogen-bond acceptors (Lipinski definition) is 6. The van der Waals surface area contributed by atoms with Crippen molar-refractivity contribution in [1.29, 1.82) is 0 Å². The average Bonchev–Trinajstić information content (AvgIpc) is 3.02. The number of hydrogen-bond donors (Lipinski definition) is 2. The van der Waals surface area contributed by atoms with Gasteiger partial charge in [-0.15, -0.1) is 13.2 Å². The third-order valence-corrected chi connectivity index (χ3v) is 7.65. The molecule has 0 aliphatic heterocycles. The summed E-state index contributed by atoms with van der Waals surface area (Å²) in [5, 5.41) is 11.3. The summed E-state index contributed by atoms with van der Waals surface area (Å²) < 4.78 is 127. The Balaban J connectivity index is 0.000000880. The normalized spacial score (nSPS) is 15.0. The fourth-order valence-corrected chi connectivity index (χ4v) is 5.43. The van der Waals surface area contributed by atoms with Crippen LogP contribution in [0.5, 0.6) is 5.75 Å². The largest absolute Gasteiger partial charge is 0.573 e. The molecule has 7 nitrogen and oxygen atoms in total. The van der Waals surface area contributed by atoms with Crippen LogP contribution in [0.2, 0.25) is 0 Å². The molecule has 0 aromatic heterocycles. The van der Waals surface area contributed by atoms with E-state index in [2.05, 4.69) is 10.1 Å². The molecule has 16 heteroatoms. The van der Waals surface area contributed by atoms with E-state index in [-0.39, 0.29) is 19.1 Å². The molecule has 2 unspecified atom stereocenters. The summed E-state index contributed by atoms with van der Waals surface area (Å²) in [7, 11) is 1.69. The van der Waals surface area contributed by atoms with Crippen molar-refractivity contribution in [3.8, 4) is 5.75 Å². The van der Waals surface area contributed by atoms with Crippen LogP contribution in [0.25, 0.3) is 0 Å². The van der Waals surface area contributed by atoms with Gasteiger partial charge in [-0.3, -0.25) is 9.59 Å². The molecule has 1 saturated carbocycles. The van der Waals surface area contributed by atoms with Crippen LogP contribution in [0.1, 0.15) is 101 Å². The zero-order valence-electron chi connectivity index (χ0n) is 28.6. The SMILES string of the molecule is CC.CCCN(C)c1ccc(OC(F)(F)F)cc1CNC(C)C(OC=O)c1cc(C(F)(F)F)cc(C(F)(F)F)c1.O=C(O)CC1CCCCC1. The van der Waals surface area contributed by atoms with Gasteiger partial charge in [0.2, 0.25) is 0 Å². The molecule has 2 N–H and O–H groups in total. The van der Waals surface area contributed by atoms with Crippen molar-refractivity contribution < 1.29 is 63.7 Å². The number of carboxylic acid groups (broad SMARTS) is 1. The van der Waals surface area contributed by atoms with Crippen molar-refractivity contribution in [3.63, 3.8) is 0 Å². The highest BCUT2D eigenvalue weighted by atomic mass is 19.4. The van der Waals surface area contributed by atoms with Crippen molar-refractivity contribution in [2.75, 3.05) is 18.5 Å². The van der Waals surface area contributed by atoms with Crippen LogP contribution in [0.15, 0.2) is 36.4 Å². The van der Waals surface area contributed by atoms with Crippen LogP contribution >= 0.6 is 0 Å². The minimum atomic E-state index is -5.11. The van der Waals surface area contributed by atoms with Gasteiger partial charge in [0, 0.05) is 38.3 Å². The van der Waals surface area contributed by atoms with Gasteiger partial charge in [-0.1, -0.05) is 40.0 Å². The first kappa shape index (κ1) is 44.3. The van der Waals surface area contributed by atoms with Gasteiger partial charge < -0.3 is 24.8 Å². The van der Waals surface area contributed by atoms with Crippen molar-refractivity contribution in [3.05, 3.63) is 58.7 Å². The molecule has 0 heterocycles. The molecule has 2 aromatic carbocycles. The fourth-order valence-electron chi connectivity index (χ4n) is 5.43. The molecule has 50 heavy (non-hydrogen) atoms. The average molecular weight is 733 g/mol. The minimum Gasteiger partial charge on any atom is -0.481 e. The minimum absolute atomic E-state index is 0.0540. The Morgan fingerprint density at radius 2 is 1.52 bits per heavy atom. The highest BCUT2D eigenvalue weighted by molar-refractivity contribution is 5.67. The first-order chi connectivity index (χ1) is 23.2. The number of aliphatic carboxylic acids is 1. The Morgan fingerprint density at radius 3 is 1.98 bits per heavy atom. The number of nitrogens with zero attached hydrogens (tertiary/aromatic N) is 1. The summed E-state index contributed by atoms with van der Waals surface area (Å²) in [5.41, 5.74) is -2.95. The lowest BCUT2D eigenvalue weighted by Crippen LogP contribution is -2.34. The van der Waals surface area contributed by atoms with Gasteiger partial charge in [-0.25, -0.2) is 0 Å². The maximum absolute atomic E-state index is 13.3. The molecule has 1 aliphatic carbocycles. The molecule has 0 saturated heterocycles. The molecular formula is C34H45F9N2O5. The van der Waals surface area contributed by atoms with Crippen molar-refractivity contribution in [2.24, 2.45) is 5.92 Å². The topological polar surface area (TPSA) is 88.1 Å². The van der Waals surface area contributed by atoms with Crippen LogP contribution in [0.3, 0.4) is 0 Å². The zero-order valence-corrected chi connectivity index (χ0v) is 28.6. The quantitative estimate of drug-likeness (QED) is 0.157. The lowest BCUT2D eigenvalue weighted by atomic mass is 9.87. The van der Waals surface area contributed by atoms with Gasteiger partial charge in [0.05, 0.1) is 11.1 Å². The molecule has 0 bridgehead atoms. The Kier molecular flexibility index (Phi) is 17.9. The molecule has 1 aliphatic rings. The third-order valence-electron chi connectivity index (χ3n) is 7.65. The van der Waals surface area contributed by atoms with Crippen LogP contribution in [0.4, 0.5) is 45.2 Å². The van der Waals surface area contributed by atoms with Gasteiger partial charge in [0.15, 0.2) is 0 Å². The number of alkyl halides is 9. The smallest absolute Gasteiger partial charge is 0.481 e. The van der Waals surface area contributed by atoms with Gasteiger partial charge >= 0.3 is 24.7 Å². The van der Waals surface area contributed by atoms with Gasteiger partial charge in [-0.2, -0.15) is 26.3 Å². The van der Waals surface area contributed by atoms with E-state index in [0.29, 0.717) is 48.7 Å². The summed E-state index contributed by atoms with van der Waals surface area (Å²) in [5.74, 6) is -0.679. The van der Waals surface area contributed by atoms with E-state index < -0.39 is 59.3 Å². The summed E-state index contributed by atoms with van der Waals surface area (Å²) >= 11 is 0. The fraction of sp³-hybridized carbons (Fsp3) is 0.588. The van der Waals surface area contributed by atoms with Crippen molar-refractivity contribution in [2.45, 2.75) is 110 Å². The number of carbonyl (C=O) groups is 2. The molecule has 284 valence electrons. The summed E-state index contributed by atoms with van der Waals surface area (Å²) in [6, 6.07) is 3.38. The molecule has 2 atom stereocenters. The lowest BCUT2D eigenvalue weighted by molar-refractivity contribution is -0.274. The Bertz CT molecular complexity index is 1300. The first-order valence-corrected chi connectivity index (χ1v) is 16.2. The monoisotopic (exact) mass is 732 g/mol. The lowest BCUT2D eigenvalue weighted by Gasteiger charge is -2.27. The summed E-state index contributed by atoms with van der Waals surface area (Å²) in [6.45, 7) is 7.44. The number of rotatable bonds is 13. The van der Waals surface area contributed by atoms with Crippen LogP contribution < -0.4 is 15.0 Å².